The van der Waals surface area contributed by atoms with E-state index in [-0.39, 0.29) is 11.8 Å². The first kappa shape index (κ1) is 23.6. The molecule has 1 aromatic heterocycles. The van der Waals surface area contributed by atoms with Crippen molar-refractivity contribution in [3.8, 4) is 11.5 Å². The van der Waals surface area contributed by atoms with E-state index in [0.717, 1.165) is 27.6 Å². The summed E-state index contributed by atoms with van der Waals surface area (Å²) in [6.45, 7) is 0.355. The maximum absolute atomic E-state index is 13.1. The van der Waals surface area contributed by atoms with E-state index in [4.69, 9.17) is 9.47 Å². The largest absolute Gasteiger partial charge is 0.493 e. The van der Waals surface area contributed by atoms with Crippen molar-refractivity contribution in [2.45, 2.75) is 11.7 Å². The molecule has 0 aliphatic carbocycles. The van der Waals surface area contributed by atoms with Crippen molar-refractivity contribution >= 4 is 27.6 Å². The number of amides is 1. The molecule has 2 unspecified atom stereocenters. The molecule has 34 heavy (non-hydrogen) atoms. The molecule has 2 N–H and O–H groups in total. The number of hydrogen-bond donors (Lipinski definition) is 2. The molecule has 0 radical (unpaired) electrons. The Labute approximate surface area is 201 Å². The van der Waals surface area contributed by atoms with Crippen LogP contribution >= 0.6 is 0 Å². The Morgan fingerprint density at radius 1 is 1.00 bits per heavy atom. The van der Waals surface area contributed by atoms with Crippen LogP contribution < -0.4 is 14.8 Å². The third-order valence-electron chi connectivity index (χ3n) is 5.83. The highest BCUT2D eigenvalue weighted by atomic mass is 32.2. The second-order valence-corrected chi connectivity index (χ2v) is 9.49. The number of para-hydroxylation sites is 2. The molecule has 6 nitrogen and oxygen atoms in total. The highest BCUT2D eigenvalue weighted by molar-refractivity contribution is 7.83. The summed E-state index contributed by atoms with van der Waals surface area (Å²) >= 11 is 0. The number of carbonyl (C=O) groups excluding carboxylic acids is 1. The van der Waals surface area contributed by atoms with Gasteiger partial charge in [0.05, 0.1) is 14.2 Å². The number of rotatable bonds is 9. The van der Waals surface area contributed by atoms with Gasteiger partial charge in [0, 0.05) is 63.5 Å². The van der Waals surface area contributed by atoms with Crippen LogP contribution in [-0.2, 0) is 16.6 Å². The third-order valence-corrected chi connectivity index (χ3v) is 6.57. The van der Waals surface area contributed by atoms with Crippen molar-refractivity contribution in [2.75, 3.05) is 27.0 Å². The van der Waals surface area contributed by atoms with Crippen LogP contribution in [0.2, 0.25) is 0 Å². The van der Waals surface area contributed by atoms with Gasteiger partial charge >= 0.3 is 0 Å². The maximum atomic E-state index is 13.1. The van der Waals surface area contributed by atoms with Crippen LogP contribution in [0.1, 0.15) is 33.0 Å². The van der Waals surface area contributed by atoms with Crippen LogP contribution in [0, 0.1) is 0 Å². The summed E-state index contributed by atoms with van der Waals surface area (Å²) in [6, 6.07) is 21.1. The monoisotopic (exact) mass is 476 g/mol. The van der Waals surface area contributed by atoms with Gasteiger partial charge in [0.1, 0.15) is 0 Å². The van der Waals surface area contributed by atoms with E-state index < -0.39 is 10.8 Å². The molecule has 7 heteroatoms. The summed E-state index contributed by atoms with van der Waals surface area (Å²) in [6.07, 6.45) is 3.64. The first-order chi connectivity index (χ1) is 16.5. The molecule has 0 fully saturated rings. The lowest BCUT2D eigenvalue weighted by molar-refractivity contribution is 0.0952. The van der Waals surface area contributed by atoms with Crippen LogP contribution in [0.25, 0.3) is 10.9 Å². The van der Waals surface area contributed by atoms with E-state index in [1.165, 1.54) is 0 Å². The summed E-state index contributed by atoms with van der Waals surface area (Å²) in [4.78, 5) is 16.4. The number of benzene rings is 3. The number of carbonyl (C=O) groups is 1. The minimum Gasteiger partial charge on any atom is -0.493 e. The van der Waals surface area contributed by atoms with E-state index in [2.05, 4.69) is 16.4 Å². The van der Waals surface area contributed by atoms with Gasteiger partial charge in [0.25, 0.3) is 5.91 Å². The van der Waals surface area contributed by atoms with Gasteiger partial charge in [-0.3, -0.25) is 9.00 Å². The van der Waals surface area contributed by atoms with Gasteiger partial charge in [-0.2, -0.15) is 0 Å². The molecule has 176 valence electrons. The fraction of sp³-hybridized carbons (Fsp3) is 0.222. The number of methoxy groups -OCH3 is 2. The average molecular weight is 477 g/mol. The van der Waals surface area contributed by atoms with Gasteiger partial charge in [0.15, 0.2) is 11.5 Å². The van der Waals surface area contributed by atoms with E-state index in [1.54, 1.807) is 32.6 Å². The van der Waals surface area contributed by atoms with E-state index >= 15 is 0 Å². The lowest BCUT2D eigenvalue weighted by Crippen LogP contribution is -2.29. The molecule has 4 aromatic rings. The molecule has 3 aromatic carbocycles. The first-order valence-electron chi connectivity index (χ1n) is 11.0. The summed E-state index contributed by atoms with van der Waals surface area (Å²) in [7, 11) is 2.26. The van der Waals surface area contributed by atoms with Crippen LogP contribution in [-0.4, -0.2) is 42.1 Å². The normalized spacial score (nSPS) is 12.8. The lowest BCUT2D eigenvalue weighted by Gasteiger charge is -2.22. The van der Waals surface area contributed by atoms with Crippen molar-refractivity contribution < 1.29 is 18.5 Å². The zero-order chi connectivity index (χ0) is 24.1. The highest BCUT2D eigenvalue weighted by Crippen LogP contribution is 2.40. The quantitative estimate of drug-likeness (QED) is 0.369. The summed E-state index contributed by atoms with van der Waals surface area (Å²) < 4.78 is 22.9. The van der Waals surface area contributed by atoms with E-state index in [0.29, 0.717) is 29.4 Å². The maximum Gasteiger partial charge on any atom is 0.251 e. The van der Waals surface area contributed by atoms with Crippen LogP contribution in [0.5, 0.6) is 11.5 Å². The average Bonchev–Trinajstić information content (AvgIpc) is 3.27. The van der Waals surface area contributed by atoms with Crippen molar-refractivity contribution in [2.24, 2.45) is 0 Å². The zero-order valence-corrected chi connectivity index (χ0v) is 20.3. The first-order valence-corrected chi connectivity index (χ1v) is 12.7. The molecule has 4 rings (SSSR count). The number of H-pyrrole nitrogens is 1. The van der Waals surface area contributed by atoms with Gasteiger partial charge in [-0.05, 0) is 35.4 Å². The molecule has 0 bridgehead atoms. The van der Waals surface area contributed by atoms with Gasteiger partial charge in [-0.15, -0.1) is 0 Å². The molecule has 0 aliphatic rings. The number of aromatic nitrogens is 1. The molecule has 0 saturated heterocycles. The fourth-order valence-electron chi connectivity index (χ4n) is 4.29. The number of fused-ring (bicyclic) bond motifs is 1. The van der Waals surface area contributed by atoms with Crippen LogP contribution in [0.3, 0.4) is 0 Å². The Hall–Kier alpha value is -3.58. The molecular formula is C27H28N2O4S. The molecule has 1 amide bonds. The van der Waals surface area contributed by atoms with Gasteiger partial charge in [-0.1, -0.05) is 42.5 Å². The van der Waals surface area contributed by atoms with E-state index in [1.807, 2.05) is 54.7 Å². The fourth-order valence-corrected chi connectivity index (χ4v) is 4.94. The van der Waals surface area contributed by atoms with Crippen LogP contribution in [0.15, 0.2) is 72.9 Å². The second kappa shape index (κ2) is 10.6. The van der Waals surface area contributed by atoms with Gasteiger partial charge in [-0.25, -0.2) is 0 Å². The molecule has 0 aliphatic heterocycles. The highest BCUT2D eigenvalue weighted by Gasteiger charge is 2.24. The summed E-state index contributed by atoms with van der Waals surface area (Å²) in [5, 5.41) is 4.18. The van der Waals surface area contributed by atoms with Crippen molar-refractivity contribution in [3.63, 3.8) is 0 Å². The number of nitrogens with one attached hydrogen (secondary N) is 2. The molecule has 0 saturated carbocycles. The Kier molecular flexibility index (Phi) is 7.33. The van der Waals surface area contributed by atoms with Crippen molar-refractivity contribution in [1.82, 2.24) is 10.3 Å². The number of hydrogen-bond acceptors (Lipinski definition) is 4. The minimum absolute atomic E-state index is 0.184. The zero-order valence-electron chi connectivity index (χ0n) is 19.5. The van der Waals surface area contributed by atoms with Crippen molar-refractivity contribution in [3.05, 3.63) is 95.2 Å². The molecule has 2 atom stereocenters. The number of ether oxygens (including phenoxy) is 2. The number of aromatic amines is 1. The Morgan fingerprint density at radius 3 is 2.56 bits per heavy atom. The lowest BCUT2D eigenvalue weighted by atomic mass is 9.89. The summed E-state index contributed by atoms with van der Waals surface area (Å²) in [5.41, 5.74) is 4.41. The predicted octanol–water partition coefficient (Wildman–Crippen LogP) is 4.63. The molecular weight excluding hydrogens is 448 g/mol. The SMILES string of the molecule is COc1cccc(C(CNC(=O)c2cccc(CS(C)=O)c2)c2c[nH]c3ccccc23)c1OC. The summed E-state index contributed by atoms with van der Waals surface area (Å²) in [5.74, 6) is 1.32. The molecule has 0 spiro atoms. The van der Waals surface area contributed by atoms with Gasteiger partial charge < -0.3 is 19.8 Å². The van der Waals surface area contributed by atoms with Crippen LogP contribution in [0.4, 0.5) is 0 Å². The standard InChI is InChI=1S/C27H28N2O4S/c1-32-25-13-7-11-21(26(25)33-2)23(22-15-28-24-12-5-4-10-20(22)24)16-29-27(30)19-9-6-8-18(14-19)17-34(3)31/h4-15,23,28H,16-17H2,1-3H3,(H,29,30). The Bertz CT molecular complexity index is 1330. The third kappa shape index (κ3) is 4.99. The predicted molar refractivity (Wildman–Crippen MR) is 136 cm³/mol. The Balaban J connectivity index is 1.69. The van der Waals surface area contributed by atoms with Gasteiger partial charge in [0.2, 0.25) is 0 Å². The smallest absolute Gasteiger partial charge is 0.251 e. The molecule has 1 heterocycles. The minimum atomic E-state index is -0.976. The topological polar surface area (TPSA) is 80.4 Å². The van der Waals surface area contributed by atoms with E-state index in [9.17, 15) is 9.00 Å². The Morgan fingerprint density at radius 2 is 1.79 bits per heavy atom. The second-order valence-electron chi connectivity index (χ2n) is 8.05. The van der Waals surface area contributed by atoms with Crippen molar-refractivity contribution in [1.29, 1.82) is 0 Å².